The number of nitrogens with zero attached hydrogens (tertiary/aromatic N) is 1. The van der Waals surface area contributed by atoms with Crippen molar-refractivity contribution in [1.29, 1.82) is 0 Å². The Kier molecular flexibility index (Phi) is 2.90. The van der Waals surface area contributed by atoms with Crippen LogP contribution in [0.2, 0.25) is 5.02 Å². The number of hydrogen-bond acceptors (Lipinski definition) is 2. The SMILES string of the molecule is Cc1cc(=O)c(N)cn1-c1ccc(F)c(Cl)c1. The highest BCUT2D eigenvalue weighted by Gasteiger charge is 2.05. The molecule has 2 aromatic rings. The molecule has 0 aliphatic rings. The number of aryl methyl sites for hydroxylation is 1. The van der Waals surface area contributed by atoms with E-state index in [9.17, 15) is 9.18 Å². The Morgan fingerprint density at radius 1 is 1.35 bits per heavy atom. The van der Waals surface area contributed by atoms with E-state index in [2.05, 4.69) is 0 Å². The minimum Gasteiger partial charge on any atom is -0.394 e. The van der Waals surface area contributed by atoms with E-state index in [-0.39, 0.29) is 16.1 Å². The fourth-order valence-corrected chi connectivity index (χ4v) is 1.73. The summed E-state index contributed by atoms with van der Waals surface area (Å²) in [5.74, 6) is -0.484. The van der Waals surface area contributed by atoms with Crippen molar-refractivity contribution in [2.75, 3.05) is 5.73 Å². The summed E-state index contributed by atoms with van der Waals surface area (Å²) >= 11 is 5.71. The van der Waals surface area contributed by atoms with Gasteiger partial charge in [0.05, 0.1) is 10.7 Å². The number of nitrogen functional groups attached to an aromatic ring is 1. The van der Waals surface area contributed by atoms with Gasteiger partial charge in [0.1, 0.15) is 5.82 Å². The average Bonchev–Trinajstić information content (AvgIpc) is 2.27. The summed E-state index contributed by atoms with van der Waals surface area (Å²) in [5, 5.41) is 0.0270. The van der Waals surface area contributed by atoms with E-state index in [4.69, 9.17) is 17.3 Å². The van der Waals surface area contributed by atoms with Gasteiger partial charge in [0.2, 0.25) is 5.43 Å². The van der Waals surface area contributed by atoms with Crippen molar-refractivity contribution in [3.05, 3.63) is 57.2 Å². The molecule has 0 atom stereocenters. The summed E-state index contributed by atoms with van der Waals surface area (Å²) < 4.78 is 14.7. The zero-order chi connectivity index (χ0) is 12.6. The molecule has 0 fully saturated rings. The van der Waals surface area contributed by atoms with Crippen LogP contribution in [0, 0.1) is 12.7 Å². The van der Waals surface area contributed by atoms with Crippen LogP contribution in [0.4, 0.5) is 10.1 Å². The number of benzene rings is 1. The summed E-state index contributed by atoms with van der Waals surface area (Å²) in [6.45, 7) is 1.76. The van der Waals surface area contributed by atoms with Gasteiger partial charge in [-0.2, -0.15) is 0 Å². The van der Waals surface area contributed by atoms with Gasteiger partial charge in [-0.25, -0.2) is 4.39 Å². The van der Waals surface area contributed by atoms with Gasteiger partial charge in [-0.3, -0.25) is 4.79 Å². The number of aromatic nitrogens is 1. The first-order chi connectivity index (χ1) is 7.99. The van der Waals surface area contributed by atoms with Crippen molar-refractivity contribution in [3.63, 3.8) is 0 Å². The second kappa shape index (κ2) is 4.22. The van der Waals surface area contributed by atoms with Crippen LogP contribution in [-0.4, -0.2) is 4.57 Å². The van der Waals surface area contributed by atoms with Gasteiger partial charge in [0.15, 0.2) is 0 Å². The lowest BCUT2D eigenvalue weighted by Crippen LogP contribution is -2.13. The van der Waals surface area contributed by atoms with E-state index >= 15 is 0 Å². The molecule has 0 spiro atoms. The normalized spacial score (nSPS) is 10.5. The van der Waals surface area contributed by atoms with Crippen LogP contribution in [0.3, 0.4) is 0 Å². The molecule has 0 bridgehead atoms. The van der Waals surface area contributed by atoms with Crippen LogP contribution >= 0.6 is 11.6 Å². The van der Waals surface area contributed by atoms with Crippen LogP contribution in [0.1, 0.15) is 5.69 Å². The number of anilines is 1. The first-order valence-corrected chi connectivity index (χ1v) is 5.31. The van der Waals surface area contributed by atoms with Crippen LogP contribution in [0.15, 0.2) is 35.3 Å². The molecular formula is C12H10ClFN2O. The Balaban J connectivity index is 2.64. The molecule has 3 nitrogen and oxygen atoms in total. The fraction of sp³-hybridized carbons (Fsp3) is 0.0833. The van der Waals surface area contributed by atoms with Gasteiger partial charge in [0, 0.05) is 23.6 Å². The van der Waals surface area contributed by atoms with Crippen LogP contribution in [-0.2, 0) is 0 Å². The van der Waals surface area contributed by atoms with Gasteiger partial charge >= 0.3 is 0 Å². The predicted molar refractivity (Wildman–Crippen MR) is 66.2 cm³/mol. The third-order valence-corrected chi connectivity index (χ3v) is 2.74. The predicted octanol–water partition coefficient (Wildman–Crippen LogP) is 2.52. The number of halogens is 2. The lowest BCUT2D eigenvalue weighted by atomic mass is 10.2. The first-order valence-electron chi connectivity index (χ1n) is 4.93. The lowest BCUT2D eigenvalue weighted by Gasteiger charge is -2.11. The number of pyridine rings is 1. The smallest absolute Gasteiger partial charge is 0.204 e. The third-order valence-electron chi connectivity index (χ3n) is 2.45. The highest BCUT2D eigenvalue weighted by Crippen LogP contribution is 2.20. The second-order valence-electron chi connectivity index (χ2n) is 3.70. The molecule has 2 rings (SSSR count). The Labute approximate surface area is 102 Å². The zero-order valence-corrected chi connectivity index (χ0v) is 9.83. The van der Waals surface area contributed by atoms with E-state index in [1.165, 1.54) is 24.4 Å². The topological polar surface area (TPSA) is 48.0 Å². The standard InChI is InChI=1S/C12H10ClFN2O/c1-7-4-12(17)11(15)6-16(7)8-2-3-10(14)9(13)5-8/h2-6H,15H2,1H3. The maximum absolute atomic E-state index is 13.0. The number of hydrogen-bond donors (Lipinski definition) is 1. The molecule has 0 saturated carbocycles. The van der Waals surface area contributed by atoms with Crippen molar-refractivity contribution in [2.24, 2.45) is 0 Å². The van der Waals surface area contributed by atoms with Gasteiger partial charge in [-0.15, -0.1) is 0 Å². The molecular weight excluding hydrogens is 243 g/mol. The quantitative estimate of drug-likeness (QED) is 0.848. The monoisotopic (exact) mass is 252 g/mol. The minimum atomic E-state index is -0.484. The second-order valence-corrected chi connectivity index (χ2v) is 4.11. The van der Waals surface area contributed by atoms with E-state index in [0.717, 1.165) is 0 Å². The molecule has 0 amide bonds. The Hall–Kier alpha value is -1.81. The molecule has 0 unspecified atom stereocenters. The van der Waals surface area contributed by atoms with Crippen molar-refractivity contribution in [3.8, 4) is 5.69 Å². The molecule has 0 aliphatic heterocycles. The van der Waals surface area contributed by atoms with Crippen molar-refractivity contribution >= 4 is 17.3 Å². The van der Waals surface area contributed by atoms with Crippen molar-refractivity contribution in [2.45, 2.75) is 6.92 Å². The first kappa shape index (κ1) is 11.7. The van der Waals surface area contributed by atoms with Gasteiger partial charge < -0.3 is 10.3 Å². The summed E-state index contributed by atoms with van der Waals surface area (Å²) in [6.07, 6.45) is 1.50. The molecule has 5 heteroatoms. The maximum atomic E-state index is 13.0. The molecule has 1 heterocycles. The Morgan fingerprint density at radius 3 is 2.71 bits per heavy atom. The molecule has 0 saturated heterocycles. The summed E-state index contributed by atoms with van der Waals surface area (Å²) in [6, 6.07) is 5.74. The Morgan fingerprint density at radius 2 is 2.06 bits per heavy atom. The van der Waals surface area contributed by atoms with Crippen molar-refractivity contribution < 1.29 is 4.39 Å². The molecule has 0 aliphatic carbocycles. The highest BCUT2D eigenvalue weighted by atomic mass is 35.5. The lowest BCUT2D eigenvalue weighted by molar-refractivity contribution is 0.627. The average molecular weight is 253 g/mol. The van der Waals surface area contributed by atoms with Crippen LogP contribution < -0.4 is 11.2 Å². The van der Waals surface area contributed by atoms with Crippen molar-refractivity contribution in [1.82, 2.24) is 4.57 Å². The van der Waals surface area contributed by atoms with Crippen LogP contribution in [0.5, 0.6) is 0 Å². The van der Waals surface area contributed by atoms with Gasteiger partial charge in [-0.05, 0) is 25.1 Å². The summed E-state index contributed by atoms with van der Waals surface area (Å²) in [7, 11) is 0. The van der Waals surface area contributed by atoms with Crippen LogP contribution in [0.25, 0.3) is 5.69 Å². The molecule has 2 N–H and O–H groups in total. The largest absolute Gasteiger partial charge is 0.394 e. The molecule has 1 aromatic heterocycles. The van der Waals surface area contributed by atoms with Gasteiger partial charge in [0.25, 0.3) is 0 Å². The maximum Gasteiger partial charge on any atom is 0.204 e. The highest BCUT2D eigenvalue weighted by molar-refractivity contribution is 6.30. The molecule has 17 heavy (non-hydrogen) atoms. The fourth-order valence-electron chi connectivity index (χ4n) is 1.56. The molecule has 0 radical (unpaired) electrons. The van der Waals surface area contributed by atoms with E-state index in [1.54, 1.807) is 17.6 Å². The Bertz CT molecular complexity index is 637. The summed E-state index contributed by atoms with van der Waals surface area (Å²) in [5.41, 5.74) is 6.81. The molecule has 1 aromatic carbocycles. The zero-order valence-electron chi connectivity index (χ0n) is 9.08. The number of nitrogens with two attached hydrogens (primary N) is 1. The van der Waals surface area contributed by atoms with Gasteiger partial charge in [-0.1, -0.05) is 11.6 Å². The van der Waals surface area contributed by atoms with E-state index in [1.807, 2.05) is 0 Å². The number of rotatable bonds is 1. The van der Waals surface area contributed by atoms with E-state index in [0.29, 0.717) is 11.4 Å². The van der Waals surface area contributed by atoms with E-state index < -0.39 is 5.82 Å². The third kappa shape index (κ3) is 2.17. The summed E-state index contributed by atoms with van der Waals surface area (Å²) in [4.78, 5) is 11.3. The molecule has 88 valence electrons. The minimum absolute atomic E-state index is 0.0270.